The van der Waals surface area contributed by atoms with Crippen LogP contribution in [-0.2, 0) is 0 Å². The van der Waals surface area contributed by atoms with Gasteiger partial charge in [-0.25, -0.2) is 0 Å². The molecule has 1 aliphatic carbocycles. The maximum atomic E-state index is 5.95. The van der Waals surface area contributed by atoms with Crippen LogP contribution in [0.3, 0.4) is 0 Å². The van der Waals surface area contributed by atoms with Crippen LogP contribution in [0.2, 0.25) is 5.02 Å². The summed E-state index contributed by atoms with van der Waals surface area (Å²) in [4.78, 5) is 4.48. The number of hydrogen-bond donors (Lipinski definition) is 1. The Morgan fingerprint density at radius 1 is 1.40 bits per heavy atom. The molecular weight excluding hydrogens is 278 g/mol. The standard InChI is InChI=1S/C14H16ClN3O2/c1-19-12-7-9(15)3-5-11(12)13-17-14(20-18-13)8-2-4-10(16)6-8/h3,5,7-8,10H,2,4,6,16H2,1H3/t8-,10+/m1/s1. The number of aromatic nitrogens is 2. The fourth-order valence-electron chi connectivity index (χ4n) is 2.60. The summed E-state index contributed by atoms with van der Waals surface area (Å²) in [5.74, 6) is 2.08. The Morgan fingerprint density at radius 3 is 2.95 bits per heavy atom. The molecule has 0 radical (unpaired) electrons. The summed E-state index contributed by atoms with van der Waals surface area (Å²) in [6.07, 6.45) is 2.91. The van der Waals surface area contributed by atoms with Crippen LogP contribution in [0, 0.1) is 0 Å². The fraction of sp³-hybridized carbons (Fsp3) is 0.429. The summed E-state index contributed by atoms with van der Waals surface area (Å²) >= 11 is 5.95. The molecule has 2 atom stereocenters. The van der Waals surface area contributed by atoms with Crippen LogP contribution in [0.1, 0.15) is 31.1 Å². The van der Waals surface area contributed by atoms with Crippen LogP contribution in [-0.4, -0.2) is 23.3 Å². The molecule has 0 bridgehead atoms. The number of nitrogens with two attached hydrogens (primary N) is 1. The van der Waals surface area contributed by atoms with Crippen LogP contribution >= 0.6 is 11.6 Å². The smallest absolute Gasteiger partial charge is 0.230 e. The van der Waals surface area contributed by atoms with Crippen molar-refractivity contribution in [3.8, 4) is 17.1 Å². The Labute approximate surface area is 122 Å². The molecule has 1 fully saturated rings. The Morgan fingerprint density at radius 2 is 2.25 bits per heavy atom. The number of nitrogens with zero attached hydrogens (tertiary/aromatic N) is 2. The predicted octanol–water partition coefficient (Wildman–Crippen LogP) is 2.99. The molecule has 0 amide bonds. The second-order valence-corrected chi connectivity index (χ2v) is 5.51. The monoisotopic (exact) mass is 293 g/mol. The van der Waals surface area contributed by atoms with Crippen molar-refractivity contribution >= 4 is 11.6 Å². The first-order chi connectivity index (χ1) is 9.67. The largest absolute Gasteiger partial charge is 0.496 e. The van der Waals surface area contributed by atoms with E-state index in [2.05, 4.69) is 10.1 Å². The molecule has 106 valence electrons. The Bertz CT molecular complexity index is 614. The average molecular weight is 294 g/mol. The van der Waals surface area contributed by atoms with Crippen molar-refractivity contribution in [2.24, 2.45) is 5.73 Å². The lowest BCUT2D eigenvalue weighted by molar-refractivity contribution is 0.353. The van der Waals surface area contributed by atoms with E-state index in [-0.39, 0.29) is 12.0 Å². The van der Waals surface area contributed by atoms with Crippen LogP contribution in [0.4, 0.5) is 0 Å². The Balaban J connectivity index is 1.90. The summed E-state index contributed by atoms with van der Waals surface area (Å²) in [6.45, 7) is 0. The molecule has 0 spiro atoms. The van der Waals surface area contributed by atoms with Gasteiger partial charge in [0.2, 0.25) is 11.7 Å². The molecule has 3 rings (SSSR count). The third kappa shape index (κ3) is 2.51. The summed E-state index contributed by atoms with van der Waals surface area (Å²) in [5, 5.41) is 4.65. The first-order valence-corrected chi connectivity index (χ1v) is 6.98. The zero-order chi connectivity index (χ0) is 14.1. The van der Waals surface area contributed by atoms with Gasteiger partial charge >= 0.3 is 0 Å². The minimum absolute atomic E-state index is 0.236. The quantitative estimate of drug-likeness (QED) is 0.941. The van der Waals surface area contributed by atoms with Gasteiger partial charge in [-0.1, -0.05) is 16.8 Å². The first kappa shape index (κ1) is 13.4. The number of benzene rings is 1. The maximum Gasteiger partial charge on any atom is 0.230 e. The van der Waals surface area contributed by atoms with E-state index in [4.69, 9.17) is 26.6 Å². The zero-order valence-corrected chi connectivity index (χ0v) is 11.9. The molecule has 1 heterocycles. The van der Waals surface area contributed by atoms with Crippen LogP contribution in [0.25, 0.3) is 11.4 Å². The summed E-state index contributed by atoms with van der Waals surface area (Å²) < 4.78 is 10.7. The van der Waals surface area contributed by atoms with Gasteiger partial charge in [0.05, 0.1) is 12.7 Å². The molecule has 0 saturated heterocycles. The molecule has 1 aliphatic rings. The predicted molar refractivity (Wildman–Crippen MR) is 75.9 cm³/mol. The van der Waals surface area contributed by atoms with E-state index in [0.29, 0.717) is 22.5 Å². The summed E-state index contributed by atoms with van der Waals surface area (Å²) in [7, 11) is 1.59. The number of hydrogen-bond acceptors (Lipinski definition) is 5. The molecule has 20 heavy (non-hydrogen) atoms. The highest BCUT2D eigenvalue weighted by molar-refractivity contribution is 6.30. The van der Waals surface area contributed by atoms with Gasteiger partial charge in [-0.15, -0.1) is 0 Å². The third-order valence-corrected chi connectivity index (χ3v) is 3.90. The molecule has 0 unspecified atom stereocenters. The zero-order valence-electron chi connectivity index (χ0n) is 11.2. The van der Waals surface area contributed by atoms with Crippen LogP contribution < -0.4 is 10.5 Å². The SMILES string of the molecule is COc1cc(Cl)ccc1-c1noc([C@@H]2CC[C@H](N)C2)n1. The van der Waals surface area contributed by atoms with Crippen molar-refractivity contribution < 1.29 is 9.26 Å². The van der Waals surface area contributed by atoms with E-state index >= 15 is 0 Å². The highest BCUT2D eigenvalue weighted by Gasteiger charge is 2.28. The topological polar surface area (TPSA) is 74.2 Å². The molecule has 1 aromatic heterocycles. The lowest BCUT2D eigenvalue weighted by atomic mass is 10.1. The van der Waals surface area contributed by atoms with Gasteiger partial charge in [-0.3, -0.25) is 0 Å². The average Bonchev–Trinajstić information content (AvgIpc) is 3.07. The van der Waals surface area contributed by atoms with Gasteiger partial charge in [-0.05, 0) is 37.5 Å². The van der Waals surface area contributed by atoms with Crippen molar-refractivity contribution in [3.05, 3.63) is 29.1 Å². The highest BCUT2D eigenvalue weighted by atomic mass is 35.5. The van der Waals surface area contributed by atoms with Gasteiger partial charge in [0.15, 0.2) is 0 Å². The molecule has 0 aliphatic heterocycles. The van der Waals surface area contributed by atoms with Gasteiger partial charge < -0.3 is 15.0 Å². The number of rotatable bonds is 3. The van der Waals surface area contributed by atoms with E-state index < -0.39 is 0 Å². The van der Waals surface area contributed by atoms with Crippen molar-refractivity contribution in [2.75, 3.05) is 7.11 Å². The van der Waals surface area contributed by atoms with Gasteiger partial charge in [0.1, 0.15) is 5.75 Å². The minimum Gasteiger partial charge on any atom is -0.496 e. The second-order valence-electron chi connectivity index (χ2n) is 5.07. The van der Waals surface area contributed by atoms with Crippen molar-refractivity contribution in [2.45, 2.75) is 31.2 Å². The van der Waals surface area contributed by atoms with E-state index in [9.17, 15) is 0 Å². The van der Waals surface area contributed by atoms with Gasteiger partial charge in [-0.2, -0.15) is 4.98 Å². The van der Waals surface area contributed by atoms with E-state index in [0.717, 1.165) is 24.8 Å². The number of halogens is 1. The molecular formula is C14H16ClN3O2. The van der Waals surface area contributed by atoms with Crippen LogP contribution in [0.15, 0.2) is 22.7 Å². The number of methoxy groups -OCH3 is 1. The minimum atomic E-state index is 0.236. The first-order valence-electron chi connectivity index (χ1n) is 6.60. The summed E-state index contributed by atoms with van der Waals surface area (Å²) in [5.41, 5.74) is 6.69. The molecule has 5 nitrogen and oxygen atoms in total. The van der Waals surface area contributed by atoms with E-state index in [1.54, 1.807) is 19.2 Å². The second kappa shape index (κ2) is 5.42. The van der Waals surface area contributed by atoms with Crippen LogP contribution in [0.5, 0.6) is 5.75 Å². The lowest BCUT2D eigenvalue weighted by Gasteiger charge is -2.05. The highest BCUT2D eigenvalue weighted by Crippen LogP contribution is 2.35. The maximum absolute atomic E-state index is 5.95. The van der Waals surface area contributed by atoms with Crippen molar-refractivity contribution in [3.63, 3.8) is 0 Å². The van der Waals surface area contributed by atoms with Crippen molar-refractivity contribution in [1.82, 2.24) is 10.1 Å². The van der Waals surface area contributed by atoms with Gasteiger partial charge in [0.25, 0.3) is 0 Å². The van der Waals surface area contributed by atoms with E-state index in [1.807, 2.05) is 6.07 Å². The fourth-order valence-corrected chi connectivity index (χ4v) is 2.76. The Kier molecular flexibility index (Phi) is 3.63. The lowest BCUT2D eigenvalue weighted by Crippen LogP contribution is -2.14. The number of ether oxygens (including phenoxy) is 1. The van der Waals surface area contributed by atoms with Gasteiger partial charge in [0, 0.05) is 17.0 Å². The summed E-state index contributed by atoms with van der Waals surface area (Å²) in [6, 6.07) is 5.58. The normalized spacial score (nSPS) is 22.1. The molecule has 2 N–H and O–H groups in total. The van der Waals surface area contributed by atoms with E-state index in [1.165, 1.54) is 0 Å². The molecule has 6 heteroatoms. The molecule has 1 saturated carbocycles. The Hall–Kier alpha value is -1.59. The van der Waals surface area contributed by atoms with Crippen molar-refractivity contribution in [1.29, 1.82) is 0 Å². The molecule has 1 aromatic carbocycles. The third-order valence-electron chi connectivity index (χ3n) is 3.67. The molecule has 2 aromatic rings.